The fourth-order valence-corrected chi connectivity index (χ4v) is 3.40. The lowest BCUT2D eigenvalue weighted by molar-refractivity contribution is 0.356. The first-order valence-corrected chi connectivity index (χ1v) is 7.34. The van der Waals surface area contributed by atoms with E-state index in [9.17, 15) is 0 Å². The molecule has 0 saturated heterocycles. The second-order valence-corrected chi connectivity index (χ2v) is 5.65. The van der Waals surface area contributed by atoms with Gasteiger partial charge in [0.05, 0.1) is 25.3 Å². The van der Waals surface area contributed by atoms with Crippen LogP contribution in [0.15, 0.2) is 12.1 Å². The highest BCUT2D eigenvalue weighted by molar-refractivity contribution is 5.80. The van der Waals surface area contributed by atoms with Crippen LogP contribution < -0.4 is 9.47 Å². The monoisotopic (exact) mass is 274 g/mol. The third-order valence-electron chi connectivity index (χ3n) is 4.73. The number of H-pyrrole nitrogens is 1. The van der Waals surface area contributed by atoms with Crippen LogP contribution in [0.5, 0.6) is 11.5 Å². The lowest BCUT2D eigenvalue weighted by atomic mass is 9.83. The maximum Gasteiger partial charge on any atom is 0.163 e. The Morgan fingerprint density at radius 2 is 1.80 bits per heavy atom. The zero-order valence-corrected chi connectivity index (χ0v) is 12.5. The topological polar surface area (TPSA) is 47.1 Å². The summed E-state index contributed by atoms with van der Waals surface area (Å²) in [4.78, 5) is 8.34. The van der Waals surface area contributed by atoms with Gasteiger partial charge in [-0.15, -0.1) is 0 Å². The highest BCUT2D eigenvalue weighted by atomic mass is 16.5. The molecule has 1 aromatic carbocycles. The van der Waals surface area contributed by atoms with Gasteiger partial charge in [0.2, 0.25) is 0 Å². The van der Waals surface area contributed by atoms with Gasteiger partial charge in [0, 0.05) is 17.5 Å². The molecular formula is C16H22N2O2. The number of aromatic nitrogens is 2. The van der Waals surface area contributed by atoms with E-state index >= 15 is 0 Å². The number of ether oxygens (including phenoxy) is 2. The van der Waals surface area contributed by atoms with Crippen molar-refractivity contribution in [1.82, 2.24) is 9.97 Å². The molecule has 0 radical (unpaired) electrons. The van der Waals surface area contributed by atoms with Gasteiger partial charge in [-0.05, 0) is 19.3 Å². The number of fused-ring (bicyclic) bond motifs is 1. The largest absolute Gasteiger partial charge is 0.493 e. The maximum atomic E-state index is 5.36. The standard InChI is InChI=1S/C16H22N2O2/c1-4-16(7-5-6-8-16)15-17-11-9-13(19-2)14(20-3)10-12(11)18-15/h9-10H,4-8H2,1-3H3,(H,17,18). The first-order valence-electron chi connectivity index (χ1n) is 7.34. The Morgan fingerprint density at radius 3 is 2.40 bits per heavy atom. The molecule has 0 unspecified atom stereocenters. The van der Waals surface area contributed by atoms with E-state index in [1.165, 1.54) is 25.7 Å². The predicted molar refractivity (Wildman–Crippen MR) is 79.6 cm³/mol. The van der Waals surface area contributed by atoms with Crippen molar-refractivity contribution in [2.24, 2.45) is 0 Å². The number of nitrogens with one attached hydrogen (secondary N) is 1. The van der Waals surface area contributed by atoms with Crippen molar-refractivity contribution in [3.63, 3.8) is 0 Å². The van der Waals surface area contributed by atoms with Crippen molar-refractivity contribution in [3.8, 4) is 11.5 Å². The second-order valence-electron chi connectivity index (χ2n) is 5.65. The Balaban J connectivity index is 2.10. The molecule has 2 aromatic rings. The molecule has 1 heterocycles. The van der Waals surface area contributed by atoms with Crippen LogP contribution in [0, 0.1) is 0 Å². The van der Waals surface area contributed by atoms with Crippen LogP contribution >= 0.6 is 0 Å². The SMILES string of the molecule is CCC1(c2nc3cc(OC)c(OC)cc3[nH]2)CCCC1. The van der Waals surface area contributed by atoms with Crippen LogP contribution in [0.4, 0.5) is 0 Å². The first-order chi connectivity index (χ1) is 9.72. The number of hydrogen-bond donors (Lipinski definition) is 1. The van der Waals surface area contributed by atoms with E-state index in [0.717, 1.165) is 34.8 Å². The Hall–Kier alpha value is -1.71. The van der Waals surface area contributed by atoms with Crippen LogP contribution in [0.3, 0.4) is 0 Å². The highest BCUT2D eigenvalue weighted by Crippen LogP contribution is 2.43. The van der Waals surface area contributed by atoms with Crippen molar-refractivity contribution in [2.45, 2.75) is 44.4 Å². The molecule has 1 aliphatic rings. The number of methoxy groups -OCH3 is 2. The molecule has 0 amide bonds. The minimum atomic E-state index is 0.236. The van der Waals surface area contributed by atoms with Crippen LogP contribution in [0.25, 0.3) is 11.0 Å². The Kier molecular flexibility index (Phi) is 3.32. The summed E-state index contributed by atoms with van der Waals surface area (Å²) in [5.74, 6) is 2.60. The number of nitrogens with zero attached hydrogens (tertiary/aromatic N) is 1. The summed E-state index contributed by atoms with van der Waals surface area (Å²) in [6.07, 6.45) is 6.21. The van der Waals surface area contributed by atoms with Crippen molar-refractivity contribution in [2.75, 3.05) is 14.2 Å². The predicted octanol–water partition coefficient (Wildman–Crippen LogP) is 3.80. The van der Waals surface area contributed by atoms with Crippen molar-refractivity contribution in [1.29, 1.82) is 0 Å². The number of hydrogen-bond acceptors (Lipinski definition) is 3. The van der Waals surface area contributed by atoms with E-state index in [4.69, 9.17) is 14.5 Å². The van der Waals surface area contributed by atoms with Gasteiger partial charge in [0.15, 0.2) is 11.5 Å². The molecule has 1 N–H and O–H groups in total. The molecule has 20 heavy (non-hydrogen) atoms. The summed E-state index contributed by atoms with van der Waals surface area (Å²) in [7, 11) is 3.31. The number of aromatic amines is 1. The summed E-state index contributed by atoms with van der Waals surface area (Å²) in [5.41, 5.74) is 2.22. The minimum absolute atomic E-state index is 0.236. The van der Waals surface area contributed by atoms with Gasteiger partial charge >= 0.3 is 0 Å². The summed E-state index contributed by atoms with van der Waals surface area (Å²) in [6.45, 7) is 2.26. The zero-order chi connectivity index (χ0) is 14.2. The van der Waals surface area contributed by atoms with Gasteiger partial charge in [-0.1, -0.05) is 19.8 Å². The molecular weight excluding hydrogens is 252 g/mol. The summed E-state index contributed by atoms with van der Waals surface area (Å²) >= 11 is 0. The van der Waals surface area contributed by atoms with E-state index in [0.29, 0.717) is 0 Å². The molecule has 1 fully saturated rings. The Bertz CT molecular complexity index is 571. The second kappa shape index (κ2) is 5.00. The molecule has 0 aliphatic heterocycles. The maximum absolute atomic E-state index is 5.36. The number of rotatable bonds is 4. The van der Waals surface area contributed by atoms with Gasteiger partial charge in [-0.3, -0.25) is 0 Å². The van der Waals surface area contributed by atoms with Crippen molar-refractivity contribution >= 4 is 11.0 Å². The molecule has 108 valence electrons. The van der Waals surface area contributed by atoms with Crippen LogP contribution in [0.1, 0.15) is 44.9 Å². The quantitative estimate of drug-likeness (QED) is 0.922. The van der Waals surface area contributed by atoms with E-state index in [2.05, 4.69) is 11.9 Å². The Morgan fingerprint density at radius 1 is 1.15 bits per heavy atom. The summed E-state index contributed by atoms with van der Waals surface area (Å²) in [5, 5.41) is 0. The lowest BCUT2D eigenvalue weighted by Crippen LogP contribution is -2.22. The molecule has 1 aromatic heterocycles. The molecule has 3 rings (SSSR count). The third-order valence-corrected chi connectivity index (χ3v) is 4.73. The lowest BCUT2D eigenvalue weighted by Gasteiger charge is -2.24. The molecule has 0 spiro atoms. The van der Waals surface area contributed by atoms with Gasteiger partial charge in [-0.2, -0.15) is 0 Å². The molecule has 0 atom stereocenters. The van der Waals surface area contributed by atoms with Crippen LogP contribution in [0.2, 0.25) is 0 Å². The fraction of sp³-hybridized carbons (Fsp3) is 0.562. The molecule has 1 aliphatic carbocycles. The molecule has 1 saturated carbocycles. The molecule has 4 heteroatoms. The average molecular weight is 274 g/mol. The van der Waals surface area contributed by atoms with Crippen LogP contribution in [-0.2, 0) is 5.41 Å². The van der Waals surface area contributed by atoms with Crippen molar-refractivity contribution < 1.29 is 9.47 Å². The van der Waals surface area contributed by atoms with Gasteiger partial charge in [-0.25, -0.2) is 4.98 Å². The third kappa shape index (κ3) is 1.94. The smallest absolute Gasteiger partial charge is 0.163 e. The van der Waals surface area contributed by atoms with E-state index in [1.807, 2.05) is 12.1 Å². The van der Waals surface area contributed by atoms with Crippen molar-refractivity contribution in [3.05, 3.63) is 18.0 Å². The van der Waals surface area contributed by atoms with Gasteiger partial charge < -0.3 is 14.5 Å². The fourth-order valence-electron chi connectivity index (χ4n) is 3.40. The highest BCUT2D eigenvalue weighted by Gasteiger charge is 2.36. The Labute approximate surface area is 119 Å². The zero-order valence-electron chi connectivity index (χ0n) is 12.5. The number of imidazole rings is 1. The average Bonchev–Trinajstić information content (AvgIpc) is 3.12. The molecule has 4 nitrogen and oxygen atoms in total. The van der Waals surface area contributed by atoms with Crippen LogP contribution in [-0.4, -0.2) is 24.2 Å². The number of benzene rings is 1. The van der Waals surface area contributed by atoms with Gasteiger partial charge in [0.1, 0.15) is 5.82 Å². The van der Waals surface area contributed by atoms with E-state index < -0.39 is 0 Å². The minimum Gasteiger partial charge on any atom is -0.493 e. The molecule has 0 bridgehead atoms. The summed E-state index contributed by atoms with van der Waals surface area (Å²) in [6, 6.07) is 3.93. The van der Waals surface area contributed by atoms with E-state index in [-0.39, 0.29) is 5.41 Å². The summed E-state index contributed by atoms with van der Waals surface area (Å²) < 4.78 is 10.7. The van der Waals surface area contributed by atoms with Gasteiger partial charge in [0.25, 0.3) is 0 Å². The first kappa shape index (κ1) is 13.3. The van der Waals surface area contributed by atoms with E-state index in [1.54, 1.807) is 14.2 Å². The normalized spacial score (nSPS) is 17.6.